The molecule has 0 spiro atoms. The number of aliphatic hydroxyl groups is 1. The lowest BCUT2D eigenvalue weighted by Crippen LogP contribution is -2.04. The molecule has 0 aliphatic rings. The molecule has 1 aromatic heterocycles. The number of nitrogens with zero attached hydrogens (tertiary/aromatic N) is 2. The summed E-state index contributed by atoms with van der Waals surface area (Å²) in [7, 11) is 1.62. The number of aromatic nitrogens is 3. The number of aliphatic hydroxyl groups excluding tert-OH is 1. The van der Waals surface area contributed by atoms with Crippen LogP contribution in [0.4, 0.5) is 0 Å². The Balaban J connectivity index is 2.20. The number of hydrogen-bond acceptors (Lipinski definition) is 4. The molecular weight excluding hydrogens is 218 g/mol. The largest absolute Gasteiger partial charge is 0.496 e. The molecule has 2 rings (SSSR count). The third-order valence-electron chi connectivity index (χ3n) is 2.62. The van der Waals surface area contributed by atoms with Crippen molar-refractivity contribution in [3.63, 3.8) is 0 Å². The molecule has 5 heteroatoms. The number of ether oxygens (including phenoxy) is 1. The van der Waals surface area contributed by atoms with Crippen molar-refractivity contribution in [1.29, 1.82) is 0 Å². The van der Waals surface area contributed by atoms with Gasteiger partial charge in [0.05, 0.1) is 13.3 Å². The molecule has 2 aromatic rings. The second-order valence-electron chi connectivity index (χ2n) is 3.93. The third kappa shape index (κ3) is 2.62. The molecule has 0 bridgehead atoms. The van der Waals surface area contributed by atoms with E-state index in [1.807, 2.05) is 25.1 Å². The summed E-state index contributed by atoms with van der Waals surface area (Å²) >= 11 is 0. The SMILES string of the molecule is COc1ccc(C)cc1CC(O)c1cn[nH]n1. The number of aryl methyl sites for hydroxylation is 1. The first-order valence-corrected chi connectivity index (χ1v) is 5.38. The average Bonchev–Trinajstić information content (AvgIpc) is 2.83. The maximum atomic E-state index is 10.00. The zero-order chi connectivity index (χ0) is 12.3. The zero-order valence-corrected chi connectivity index (χ0v) is 9.84. The van der Waals surface area contributed by atoms with Crippen molar-refractivity contribution in [2.45, 2.75) is 19.4 Å². The molecule has 0 saturated heterocycles. The molecule has 2 N–H and O–H groups in total. The minimum atomic E-state index is -0.676. The van der Waals surface area contributed by atoms with E-state index in [0.717, 1.165) is 16.9 Å². The van der Waals surface area contributed by atoms with Gasteiger partial charge in [-0.3, -0.25) is 0 Å². The van der Waals surface area contributed by atoms with Crippen LogP contribution in [0.15, 0.2) is 24.4 Å². The molecule has 0 aliphatic carbocycles. The average molecular weight is 233 g/mol. The maximum absolute atomic E-state index is 10.00. The highest BCUT2D eigenvalue weighted by atomic mass is 16.5. The lowest BCUT2D eigenvalue weighted by Gasteiger charge is -2.12. The second-order valence-corrected chi connectivity index (χ2v) is 3.93. The van der Waals surface area contributed by atoms with E-state index in [4.69, 9.17) is 4.74 Å². The predicted octanol–water partition coefficient (Wildman–Crippen LogP) is 1.40. The van der Waals surface area contributed by atoms with Crippen LogP contribution in [0.1, 0.15) is 22.9 Å². The fourth-order valence-electron chi connectivity index (χ4n) is 1.75. The van der Waals surface area contributed by atoms with E-state index >= 15 is 0 Å². The van der Waals surface area contributed by atoms with Gasteiger partial charge >= 0.3 is 0 Å². The molecule has 1 aromatic carbocycles. The first-order chi connectivity index (χ1) is 8.20. The van der Waals surface area contributed by atoms with Gasteiger partial charge < -0.3 is 9.84 Å². The number of H-pyrrole nitrogens is 1. The van der Waals surface area contributed by atoms with Gasteiger partial charge in [0.2, 0.25) is 0 Å². The smallest absolute Gasteiger partial charge is 0.122 e. The van der Waals surface area contributed by atoms with Crippen LogP contribution < -0.4 is 4.74 Å². The monoisotopic (exact) mass is 233 g/mol. The van der Waals surface area contributed by atoms with Crippen LogP contribution in [-0.4, -0.2) is 27.6 Å². The molecule has 1 heterocycles. The fraction of sp³-hybridized carbons (Fsp3) is 0.333. The van der Waals surface area contributed by atoms with E-state index < -0.39 is 6.10 Å². The van der Waals surface area contributed by atoms with Crippen molar-refractivity contribution in [3.05, 3.63) is 41.2 Å². The molecule has 17 heavy (non-hydrogen) atoms. The zero-order valence-electron chi connectivity index (χ0n) is 9.84. The number of methoxy groups -OCH3 is 1. The van der Waals surface area contributed by atoms with Gasteiger partial charge in [-0.2, -0.15) is 15.4 Å². The Bertz CT molecular complexity index is 483. The second kappa shape index (κ2) is 4.97. The normalized spacial score (nSPS) is 12.4. The van der Waals surface area contributed by atoms with Gasteiger partial charge in [-0.1, -0.05) is 17.7 Å². The number of rotatable bonds is 4. The summed E-state index contributed by atoms with van der Waals surface area (Å²) in [6.07, 6.45) is 1.30. The fourth-order valence-corrected chi connectivity index (χ4v) is 1.75. The lowest BCUT2D eigenvalue weighted by atomic mass is 10.0. The van der Waals surface area contributed by atoms with Crippen molar-refractivity contribution in [1.82, 2.24) is 15.4 Å². The molecule has 5 nitrogen and oxygen atoms in total. The Hall–Kier alpha value is -1.88. The minimum absolute atomic E-state index is 0.456. The summed E-state index contributed by atoms with van der Waals surface area (Å²) in [6.45, 7) is 2.01. The van der Waals surface area contributed by atoms with Crippen LogP contribution in [0.25, 0.3) is 0 Å². The highest BCUT2D eigenvalue weighted by Crippen LogP contribution is 2.24. The number of hydrogen-bond donors (Lipinski definition) is 2. The van der Waals surface area contributed by atoms with Crippen LogP contribution in [0, 0.1) is 6.92 Å². The number of benzene rings is 1. The number of nitrogens with one attached hydrogen (secondary N) is 1. The highest BCUT2D eigenvalue weighted by molar-refractivity contribution is 5.37. The van der Waals surface area contributed by atoms with Crippen molar-refractivity contribution in [2.75, 3.05) is 7.11 Å². The van der Waals surface area contributed by atoms with E-state index in [1.54, 1.807) is 7.11 Å². The standard InChI is InChI=1S/C12H15N3O2/c1-8-3-4-12(17-2)9(5-8)6-11(16)10-7-13-15-14-10/h3-5,7,11,16H,6H2,1-2H3,(H,13,14,15). The molecule has 0 aliphatic heterocycles. The minimum Gasteiger partial charge on any atom is -0.496 e. The molecule has 0 saturated carbocycles. The van der Waals surface area contributed by atoms with Gasteiger partial charge in [0.1, 0.15) is 17.5 Å². The van der Waals surface area contributed by atoms with Crippen LogP contribution in [-0.2, 0) is 6.42 Å². The Morgan fingerprint density at radius 1 is 1.47 bits per heavy atom. The summed E-state index contributed by atoms with van der Waals surface area (Å²) in [4.78, 5) is 0. The van der Waals surface area contributed by atoms with Gasteiger partial charge in [-0.15, -0.1) is 0 Å². The number of aromatic amines is 1. The van der Waals surface area contributed by atoms with E-state index in [2.05, 4.69) is 15.4 Å². The first-order valence-electron chi connectivity index (χ1n) is 5.38. The highest BCUT2D eigenvalue weighted by Gasteiger charge is 2.14. The Morgan fingerprint density at radius 2 is 2.29 bits per heavy atom. The first kappa shape index (κ1) is 11.6. The summed E-state index contributed by atoms with van der Waals surface area (Å²) in [5.74, 6) is 0.776. The van der Waals surface area contributed by atoms with Crippen molar-refractivity contribution >= 4 is 0 Å². The topological polar surface area (TPSA) is 71.0 Å². The van der Waals surface area contributed by atoms with Crippen molar-refractivity contribution in [3.8, 4) is 5.75 Å². The van der Waals surface area contributed by atoms with Crippen LogP contribution >= 0.6 is 0 Å². The molecule has 0 radical (unpaired) electrons. The van der Waals surface area contributed by atoms with Gasteiger partial charge in [0, 0.05) is 6.42 Å². The summed E-state index contributed by atoms with van der Waals surface area (Å²) < 4.78 is 5.26. The Kier molecular flexibility index (Phi) is 3.39. The maximum Gasteiger partial charge on any atom is 0.122 e. The van der Waals surface area contributed by atoms with Gasteiger partial charge in [-0.25, -0.2) is 0 Å². The summed E-state index contributed by atoms with van der Waals surface area (Å²) in [5, 5.41) is 20.0. The molecule has 1 unspecified atom stereocenters. The van der Waals surface area contributed by atoms with E-state index in [9.17, 15) is 5.11 Å². The molecule has 0 fully saturated rings. The van der Waals surface area contributed by atoms with Gasteiger partial charge in [0.15, 0.2) is 0 Å². The predicted molar refractivity (Wildman–Crippen MR) is 62.8 cm³/mol. The molecular formula is C12H15N3O2. The third-order valence-corrected chi connectivity index (χ3v) is 2.62. The summed E-state index contributed by atoms with van der Waals surface area (Å²) in [6, 6.07) is 5.88. The molecule has 1 atom stereocenters. The van der Waals surface area contributed by atoms with Crippen LogP contribution in [0.5, 0.6) is 5.75 Å². The van der Waals surface area contributed by atoms with Crippen molar-refractivity contribution in [2.24, 2.45) is 0 Å². The van der Waals surface area contributed by atoms with Crippen molar-refractivity contribution < 1.29 is 9.84 Å². The van der Waals surface area contributed by atoms with E-state index in [0.29, 0.717) is 12.1 Å². The molecule has 0 amide bonds. The Labute approximate surface area is 99.4 Å². The van der Waals surface area contributed by atoms with Gasteiger partial charge in [-0.05, 0) is 18.6 Å². The van der Waals surface area contributed by atoms with Gasteiger partial charge in [0.25, 0.3) is 0 Å². The van der Waals surface area contributed by atoms with E-state index in [-0.39, 0.29) is 0 Å². The van der Waals surface area contributed by atoms with Crippen LogP contribution in [0.2, 0.25) is 0 Å². The quantitative estimate of drug-likeness (QED) is 0.837. The summed E-state index contributed by atoms with van der Waals surface area (Å²) in [5.41, 5.74) is 2.63. The van der Waals surface area contributed by atoms with Crippen LogP contribution in [0.3, 0.4) is 0 Å². The Morgan fingerprint density at radius 3 is 2.94 bits per heavy atom. The van der Waals surface area contributed by atoms with E-state index in [1.165, 1.54) is 6.20 Å². The lowest BCUT2D eigenvalue weighted by molar-refractivity contribution is 0.172. The molecule has 90 valence electrons.